The Labute approximate surface area is 184 Å². The van der Waals surface area contributed by atoms with Gasteiger partial charge in [0, 0.05) is 18.3 Å². The van der Waals surface area contributed by atoms with E-state index in [0.29, 0.717) is 16.9 Å². The van der Waals surface area contributed by atoms with Crippen LogP contribution < -0.4 is 4.90 Å². The summed E-state index contributed by atoms with van der Waals surface area (Å²) in [6.45, 7) is 3.36. The fourth-order valence-electron chi connectivity index (χ4n) is 3.23. The number of thiazole rings is 1. The van der Waals surface area contributed by atoms with E-state index in [0.717, 1.165) is 19.9 Å². The molecule has 5 nitrogen and oxygen atoms in total. The van der Waals surface area contributed by atoms with Crippen molar-refractivity contribution in [2.45, 2.75) is 20.0 Å². The molecule has 0 radical (unpaired) electrons. The van der Waals surface area contributed by atoms with E-state index in [9.17, 15) is 18.0 Å². The summed E-state index contributed by atoms with van der Waals surface area (Å²) in [6, 6.07) is 11.8. The average molecular weight is 465 g/mol. The Morgan fingerprint density at radius 1 is 1.16 bits per heavy atom. The van der Waals surface area contributed by atoms with Crippen LogP contribution in [-0.4, -0.2) is 27.7 Å². The molecule has 0 fully saturated rings. The van der Waals surface area contributed by atoms with Gasteiger partial charge in [-0.25, -0.2) is 9.67 Å². The minimum absolute atomic E-state index is 0.137. The third-order valence-corrected chi connectivity index (χ3v) is 6.21. The van der Waals surface area contributed by atoms with Crippen LogP contribution in [0.2, 0.25) is 5.02 Å². The number of aromatic nitrogens is 3. The fourth-order valence-corrected chi connectivity index (χ4v) is 4.32. The first-order valence-electron chi connectivity index (χ1n) is 9.14. The van der Waals surface area contributed by atoms with Gasteiger partial charge in [0.2, 0.25) is 0 Å². The summed E-state index contributed by atoms with van der Waals surface area (Å²) in [7, 11) is 1.64. The summed E-state index contributed by atoms with van der Waals surface area (Å²) in [5, 5.41) is 4.09. The molecular formula is C21H16ClF3N4OS. The van der Waals surface area contributed by atoms with Crippen LogP contribution in [0.15, 0.2) is 42.5 Å². The second-order valence-electron chi connectivity index (χ2n) is 6.96. The van der Waals surface area contributed by atoms with E-state index >= 15 is 0 Å². The molecule has 0 saturated carbocycles. The van der Waals surface area contributed by atoms with E-state index in [-0.39, 0.29) is 11.6 Å². The molecule has 0 aliphatic carbocycles. The Bertz CT molecular complexity index is 1310. The van der Waals surface area contributed by atoms with Crippen molar-refractivity contribution in [2.75, 3.05) is 11.9 Å². The van der Waals surface area contributed by atoms with Gasteiger partial charge in [-0.15, -0.1) is 11.3 Å². The number of carbonyl (C=O) groups excluding carboxylic acids is 1. The highest BCUT2D eigenvalue weighted by Gasteiger charge is 2.38. The predicted octanol–water partition coefficient (Wildman–Crippen LogP) is 6.05. The van der Waals surface area contributed by atoms with Gasteiger partial charge in [-0.1, -0.05) is 17.7 Å². The summed E-state index contributed by atoms with van der Waals surface area (Å²) in [6.07, 6.45) is -4.67. The van der Waals surface area contributed by atoms with Crippen molar-refractivity contribution in [1.29, 1.82) is 0 Å². The number of aryl methyl sites for hydroxylation is 1. The molecule has 4 aromatic rings. The van der Waals surface area contributed by atoms with E-state index in [1.54, 1.807) is 31.3 Å². The molecule has 0 aliphatic rings. The van der Waals surface area contributed by atoms with Crippen LogP contribution >= 0.6 is 22.9 Å². The summed E-state index contributed by atoms with van der Waals surface area (Å²) >= 11 is 7.38. The molecule has 4 rings (SSSR count). The Morgan fingerprint density at radius 3 is 2.58 bits per heavy atom. The van der Waals surface area contributed by atoms with E-state index in [4.69, 9.17) is 11.6 Å². The van der Waals surface area contributed by atoms with Crippen LogP contribution in [0, 0.1) is 13.8 Å². The number of rotatable bonds is 3. The van der Waals surface area contributed by atoms with E-state index in [2.05, 4.69) is 10.1 Å². The third-order valence-electron chi connectivity index (χ3n) is 4.82. The molecule has 2 aromatic heterocycles. The summed E-state index contributed by atoms with van der Waals surface area (Å²) in [5.41, 5.74) is 1.14. The maximum absolute atomic E-state index is 13.1. The molecule has 2 aromatic carbocycles. The SMILES string of the molecule is Cc1nc2ccc(N(C)C(=O)c3cccc(-n4nc(C(F)(F)F)c(Cl)c4C)c3)cc2s1. The molecule has 1 amide bonds. The van der Waals surface area contributed by atoms with Crippen molar-refractivity contribution in [1.82, 2.24) is 14.8 Å². The number of hydrogen-bond acceptors (Lipinski definition) is 4. The van der Waals surface area contributed by atoms with Crippen LogP contribution in [0.4, 0.5) is 18.9 Å². The van der Waals surface area contributed by atoms with Gasteiger partial charge in [0.05, 0.1) is 31.6 Å². The molecule has 0 spiro atoms. The number of nitrogens with zero attached hydrogens (tertiary/aromatic N) is 4. The molecule has 31 heavy (non-hydrogen) atoms. The number of alkyl halides is 3. The zero-order valence-electron chi connectivity index (χ0n) is 16.7. The second kappa shape index (κ2) is 7.65. The Balaban J connectivity index is 1.68. The molecule has 0 unspecified atom stereocenters. The smallest absolute Gasteiger partial charge is 0.311 e. The predicted molar refractivity (Wildman–Crippen MR) is 115 cm³/mol. The summed E-state index contributed by atoms with van der Waals surface area (Å²) in [4.78, 5) is 19.0. The normalized spacial score (nSPS) is 11.8. The Hall–Kier alpha value is -2.91. The lowest BCUT2D eigenvalue weighted by atomic mass is 10.1. The van der Waals surface area contributed by atoms with Gasteiger partial charge in [0.25, 0.3) is 5.91 Å². The number of anilines is 1. The quantitative estimate of drug-likeness (QED) is 0.371. The Kier molecular flexibility index (Phi) is 5.26. The van der Waals surface area contributed by atoms with Gasteiger partial charge < -0.3 is 4.90 Å². The van der Waals surface area contributed by atoms with Gasteiger partial charge in [0.1, 0.15) is 0 Å². The second-order valence-corrected chi connectivity index (χ2v) is 8.57. The standard InChI is InChI=1S/C21H16ClF3N4OS/c1-11-18(22)19(21(23,24)25)27-29(11)15-6-4-5-13(9-15)20(30)28(3)14-7-8-16-17(10-14)31-12(2)26-16/h4-10H,1-3H3. The molecule has 0 saturated heterocycles. The van der Waals surface area contributed by atoms with Crippen LogP contribution in [0.5, 0.6) is 0 Å². The largest absolute Gasteiger partial charge is 0.436 e. The van der Waals surface area contributed by atoms with Crippen molar-refractivity contribution >= 4 is 44.7 Å². The first-order valence-corrected chi connectivity index (χ1v) is 10.3. The number of carbonyl (C=O) groups is 1. The van der Waals surface area contributed by atoms with Crippen molar-refractivity contribution in [3.05, 3.63) is 69.4 Å². The number of fused-ring (bicyclic) bond motifs is 1. The monoisotopic (exact) mass is 464 g/mol. The minimum atomic E-state index is -4.67. The van der Waals surface area contributed by atoms with Crippen LogP contribution in [-0.2, 0) is 6.18 Å². The van der Waals surface area contributed by atoms with Gasteiger partial charge in [0.15, 0.2) is 5.69 Å². The Morgan fingerprint density at radius 2 is 1.90 bits per heavy atom. The molecule has 0 atom stereocenters. The highest BCUT2D eigenvalue weighted by Crippen LogP contribution is 2.36. The molecule has 0 N–H and O–H groups in total. The van der Waals surface area contributed by atoms with Crippen molar-refractivity contribution in [2.24, 2.45) is 0 Å². The third kappa shape index (κ3) is 3.90. The van der Waals surface area contributed by atoms with E-state index < -0.39 is 16.9 Å². The lowest BCUT2D eigenvalue weighted by Crippen LogP contribution is -2.26. The highest BCUT2D eigenvalue weighted by molar-refractivity contribution is 7.18. The molecule has 10 heteroatoms. The minimum Gasteiger partial charge on any atom is -0.311 e. The van der Waals surface area contributed by atoms with Crippen molar-refractivity contribution < 1.29 is 18.0 Å². The van der Waals surface area contributed by atoms with Crippen molar-refractivity contribution in [3.63, 3.8) is 0 Å². The lowest BCUT2D eigenvalue weighted by molar-refractivity contribution is -0.141. The van der Waals surface area contributed by atoms with Crippen LogP contribution in [0.1, 0.15) is 26.8 Å². The molecular weight excluding hydrogens is 449 g/mol. The zero-order valence-corrected chi connectivity index (χ0v) is 18.2. The van der Waals surface area contributed by atoms with E-state index in [1.165, 1.54) is 29.2 Å². The fraction of sp³-hybridized carbons (Fsp3) is 0.190. The zero-order chi connectivity index (χ0) is 22.5. The van der Waals surface area contributed by atoms with Crippen molar-refractivity contribution in [3.8, 4) is 5.69 Å². The number of hydrogen-bond donors (Lipinski definition) is 0. The van der Waals surface area contributed by atoms with Gasteiger partial charge in [-0.05, 0) is 50.2 Å². The number of amides is 1. The van der Waals surface area contributed by atoms with Gasteiger partial charge in [-0.3, -0.25) is 4.79 Å². The first-order chi connectivity index (χ1) is 14.6. The number of benzene rings is 2. The summed E-state index contributed by atoms with van der Waals surface area (Å²) < 4.78 is 41.5. The topological polar surface area (TPSA) is 51.0 Å². The van der Waals surface area contributed by atoms with Gasteiger partial charge >= 0.3 is 6.18 Å². The first kappa shape index (κ1) is 21.3. The van der Waals surface area contributed by atoms with Crippen LogP contribution in [0.25, 0.3) is 15.9 Å². The maximum atomic E-state index is 13.1. The van der Waals surface area contributed by atoms with Crippen LogP contribution in [0.3, 0.4) is 0 Å². The maximum Gasteiger partial charge on any atom is 0.436 e. The molecule has 0 bridgehead atoms. The summed E-state index contributed by atoms with van der Waals surface area (Å²) in [5.74, 6) is -0.311. The molecule has 2 heterocycles. The number of halogens is 4. The lowest BCUT2D eigenvalue weighted by Gasteiger charge is -2.18. The average Bonchev–Trinajstić information content (AvgIpc) is 3.25. The molecule has 0 aliphatic heterocycles. The molecule has 160 valence electrons. The highest BCUT2D eigenvalue weighted by atomic mass is 35.5. The van der Waals surface area contributed by atoms with Gasteiger partial charge in [-0.2, -0.15) is 18.3 Å². The van der Waals surface area contributed by atoms with E-state index in [1.807, 2.05) is 19.1 Å².